The number of carboxylic acid groups (broad SMARTS) is 1. The predicted octanol–water partition coefficient (Wildman–Crippen LogP) is 10.6. The van der Waals surface area contributed by atoms with Gasteiger partial charge in [-0.1, -0.05) is 0 Å². The topological polar surface area (TPSA) is 57.5 Å². The first-order valence-corrected chi connectivity index (χ1v) is 12.7. The van der Waals surface area contributed by atoms with Crippen LogP contribution in [0.4, 0.5) is 136 Å². The molecule has 0 heterocycles. The molecule has 2 N–H and O–H groups in total. The van der Waals surface area contributed by atoms with Gasteiger partial charge in [0.25, 0.3) is 0 Å². The molecule has 0 aromatic carbocycles. The predicted molar refractivity (Wildman–Crippen MR) is 112 cm³/mol. The lowest BCUT2D eigenvalue weighted by molar-refractivity contribution is -0.492. The van der Waals surface area contributed by atoms with E-state index in [9.17, 15) is 141 Å². The molecular formula is C22H11F31O3. The van der Waals surface area contributed by atoms with Gasteiger partial charge in [0, 0.05) is 11.6 Å². The van der Waals surface area contributed by atoms with E-state index in [1.54, 1.807) is 0 Å². The standard InChI is InChI=1S/C22H11F31O3/c1-5(54)2-3-6(7(55)56)4-8(23,24)10(26,27)13(32,33)15(36,37)17(40,41)19(44,45)20(46,47)18(42,43)16(38,39)14(34,35)11(28,29)9(25,21(48,49)50)12(30,31)22(51,52)53/h4-5,54H,2-3H2,1H3,(H,55,56). The molecule has 0 aromatic rings. The zero-order valence-corrected chi connectivity index (χ0v) is 25.1. The molecule has 0 saturated heterocycles. The summed E-state index contributed by atoms with van der Waals surface area (Å²) in [5.74, 6) is -118. The fraction of sp³-hybridized carbons (Fsp3) is 0.864. The van der Waals surface area contributed by atoms with E-state index in [2.05, 4.69) is 0 Å². The van der Waals surface area contributed by atoms with Gasteiger partial charge in [-0.3, -0.25) is 0 Å². The highest BCUT2D eigenvalue weighted by molar-refractivity contribution is 5.86. The largest absolute Gasteiger partial charge is 0.478 e. The first kappa shape index (κ1) is 53.0. The quantitative estimate of drug-likeness (QED) is 0.113. The molecule has 0 aromatic heterocycles. The number of alkyl halides is 31. The third-order valence-electron chi connectivity index (χ3n) is 7.04. The van der Waals surface area contributed by atoms with Crippen LogP contribution in [-0.4, -0.2) is 111 Å². The summed E-state index contributed by atoms with van der Waals surface area (Å²) >= 11 is 0. The van der Waals surface area contributed by atoms with Crippen LogP contribution in [-0.2, 0) is 4.79 Å². The number of carbonyl (C=O) groups is 1. The number of carboxylic acids is 1. The molecule has 0 saturated carbocycles. The van der Waals surface area contributed by atoms with Gasteiger partial charge in [0.2, 0.25) is 0 Å². The normalized spacial score (nSPS) is 18.2. The molecule has 56 heavy (non-hydrogen) atoms. The minimum absolute atomic E-state index is 0.647. The maximum Gasteiger partial charge on any atom is 0.457 e. The van der Waals surface area contributed by atoms with Gasteiger partial charge >= 0.3 is 95.1 Å². The van der Waals surface area contributed by atoms with Gasteiger partial charge in [0.1, 0.15) is 0 Å². The number of rotatable bonds is 17. The molecular weight excluding hydrogens is 901 g/mol. The maximum absolute atomic E-state index is 14.1. The molecule has 0 rings (SSSR count). The number of aliphatic carboxylic acids is 1. The van der Waals surface area contributed by atoms with E-state index in [0.29, 0.717) is 6.92 Å². The van der Waals surface area contributed by atoms with Crippen LogP contribution in [0.25, 0.3) is 0 Å². The molecule has 3 nitrogen and oxygen atoms in total. The minimum Gasteiger partial charge on any atom is -0.478 e. The molecule has 0 aliphatic carbocycles. The summed E-state index contributed by atoms with van der Waals surface area (Å²) in [4.78, 5) is 10.9. The van der Waals surface area contributed by atoms with Gasteiger partial charge in [-0.05, 0) is 19.8 Å². The van der Waals surface area contributed by atoms with Crippen LogP contribution in [0.5, 0.6) is 0 Å². The van der Waals surface area contributed by atoms with Gasteiger partial charge in [0.05, 0.1) is 6.10 Å². The molecule has 34 heteroatoms. The van der Waals surface area contributed by atoms with Crippen molar-refractivity contribution in [3.05, 3.63) is 11.6 Å². The lowest BCUT2D eigenvalue weighted by Gasteiger charge is -2.47. The Morgan fingerprint density at radius 1 is 0.429 bits per heavy atom. The molecule has 0 bridgehead atoms. The highest BCUT2D eigenvalue weighted by atomic mass is 19.4. The second kappa shape index (κ2) is 13.8. The van der Waals surface area contributed by atoms with Crippen LogP contribution < -0.4 is 0 Å². The van der Waals surface area contributed by atoms with E-state index in [1.807, 2.05) is 0 Å². The number of allylic oxidation sites excluding steroid dienone is 1. The minimum atomic E-state index is -10.2. The molecule has 0 fully saturated rings. The molecule has 2 atom stereocenters. The Kier molecular flexibility index (Phi) is 13.1. The van der Waals surface area contributed by atoms with E-state index in [4.69, 9.17) is 10.2 Å². The van der Waals surface area contributed by atoms with Crippen molar-refractivity contribution in [1.82, 2.24) is 0 Å². The number of aliphatic hydroxyl groups excluding tert-OH is 1. The van der Waals surface area contributed by atoms with Crippen molar-refractivity contribution in [3.63, 3.8) is 0 Å². The van der Waals surface area contributed by atoms with Crippen molar-refractivity contribution in [2.75, 3.05) is 0 Å². The van der Waals surface area contributed by atoms with Crippen LogP contribution >= 0.6 is 0 Å². The van der Waals surface area contributed by atoms with Gasteiger partial charge in [-0.15, -0.1) is 0 Å². The van der Waals surface area contributed by atoms with Crippen LogP contribution in [0.1, 0.15) is 19.8 Å². The summed E-state index contributed by atoms with van der Waals surface area (Å²) in [6.45, 7) is 0.647. The Balaban J connectivity index is 7.86. The van der Waals surface area contributed by atoms with E-state index >= 15 is 0 Å². The maximum atomic E-state index is 14.1. The highest BCUT2D eigenvalue weighted by Gasteiger charge is 3.02. The summed E-state index contributed by atoms with van der Waals surface area (Å²) < 4.78 is 424. The summed E-state index contributed by atoms with van der Waals surface area (Å²) in [6.07, 6.45) is -24.7. The Bertz CT molecular complexity index is 1470. The summed E-state index contributed by atoms with van der Waals surface area (Å²) in [5, 5.41) is 17.6. The Hall–Kier alpha value is -3.00. The lowest BCUT2D eigenvalue weighted by Crippen LogP contribution is -2.81. The molecule has 0 spiro atoms. The number of aliphatic hydroxyl groups is 1. The fourth-order valence-electron chi connectivity index (χ4n) is 3.67. The molecule has 2 unspecified atom stereocenters. The Morgan fingerprint density at radius 2 is 0.679 bits per heavy atom. The first-order chi connectivity index (χ1) is 23.7. The summed E-state index contributed by atoms with van der Waals surface area (Å²) in [5.41, 5.74) is -12.2. The monoisotopic (exact) mass is 912 g/mol. The van der Waals surface area contributed by atoms with Crippen LogP contribution in [0.15, 0.2) is 11.6 Å². The van der Waals surface area contributed by atoms with Gasteiger partial charge in [-0.25, -0.2) is 9.18 Å². The van der Waals surface area contributed by atoms with Crippen molar-refractivity contribution in [2.45, 2.75) is 115 Å². The molecule has 334 valence electrons. The van der Waals surface area contributed by atoms with Gasteiger partial charge < -0.3 is 10.2 Å². The van der Waals surface area contributed by atoms with Crippen LogP contribution in [0, 0.1) is 0 Å². The zero-order valence-electron chi connectivity index (χ0n) is 25.1. The van der Waals surface area contributed by atoms with E-state index in [1.165, 1.54) is 0 Å². The molecule has 0 aliphatic heterocycles. The number of hydrogen-bond donors (Lipinski definition) is 2. The van der Waals surface area contributed by atoms with E-state index < -0.39 is 126 Å². The smallest absolute Gasteiger partial charge is 0.457 e. The second-order valence-corrected chi connectivity index (χ2v) is 11.0. The van der Waals surface area contributed by atoms with Crippen molar-refractivity contribution < 1.29 is 151 Å². The van der Waals surface area contributed by atoms with Crippen molar-refractivity contribution in [2.24, 2.45) is 0 Å². The van der Waals surface area contributed by atoms with Crippen molar-refractivity contribution >= 4 is 5.97 Å². The summed E-state index contributed by atoms with van der Waals surface area (Å²) in [7, 11) is 0. The number of halogens is 31. The van der Waals surface area contributed by atoms with Crippen molar-refractivity contribution in [1.29, 1.82) is 0 Å². The molecule has 0 radical (unpaired) electrons. The SMILES string of the molecule is CC(O)CCC(=CC(F)(F)C(F)(F)C(F)(F)C(F)(F)C(F)(F)C(F)(F)C(F)(F)C(F)(F)C(F)(F)C(F)(F)C(F)(F)C(F)(C(F)(F)F)C(F)(F)C(F)(F)F)C(=O)O. The lowest BCUT2D eigenvalue weighted by atomic mass is 9.79. The summed E-state index contributed by atoms with van der Waals surface area (Å²) in [6, 6.07) is 0. The molecule has 0 amide bonds. The van der Waals surface area contributed by atoms with Gasteiger partial charge in [0.15, 0.2) is 0 Å². The number of hydrogen-bond acceptors (Lipinski definition) is 2. The molecule has 0 aliphatic rings. The Morgan fingerprint density at radius 3 is 0.893 bits per heavy atom. The third-order valence-corrected chi connectivity index (χ3v) is 7.04. The van der Waals surface area contributed by atoms with E-state index in [-0.39, 0.29) is 0 Å². The van der Waals surface area contributed by atoms with Gasteiger partial charge in [-0.2, -0.15) is 132 Å². The zero-order chi connectivity index (χ0) is 46.4. The third kappa shape index (κ3) is 6.79. The average molecular weight is 912 g/mol. The van der Waals surface area contributed by atoms with Crippen LogP contribution in [0.2, 0.25) is 0 Å². The van der Waals surface area contributed by atoms with E-state index in [0.717, 1.165) is 0 Å². The van der Waals surface area contributed by atoms with Crippen LogP contribution in [0.3, 0.4) is 0 Å². The first-order valence-electron chi connectivity index (χ1n) is 12.7. The fourth-order valence-corrected chi connectivity index (χ4v) is 3.67. The second-order valence-electron chi connectivity index (χ2n) is 11.0. The average Bonchev–Trinajstić information content (AvgIpc) is 2.95. The Labute approximate surface area is 285 Å². The highest BCUT2D eigenvalue weighted by Crippen LogP contribution is 2.70. The van der Waals surface area contributed by atoms with Crippen molar-refractivity contribution in [3.8, 4) is 0 Å².